The Hall–Kier alpha value is 0.280. The average molecular weight is 239 g/mol. The maximum absolute atomic E-state index is 5.79. The van der Waals surface area contributed by atoms with Crippen LogP contribution in [0.15, 0.2) is 10.5 Å². The SMILES string of the molecule is Cc1c(Br)c[c]c(Cl)c1Cl. The van der Waals surface area contributed by atoms with Crippen molar-refractivity contribution in [3.8, 4) is 0 Å². The Morgan fingerprint density at radius 2 is 2.10 bits per heavy atom. The Bertz CT molecular complexity index is 231. The van der Waals surface area contributed by atoms with Gasteiger partial charge in [0.15, 0.2) is 0 Å². The van der Waals surface area contributed by atoms with E-state index in [1.54, 1.807) is 6.07 Å². The minimum absolute atomic E-state index is 0.474. The minimum Gasteiger partial charge on any atom is -0.0824 e. The quantitative estimate of drug-likeness (QED) is 0.603. The van der Waals surface area contributed by atoms with E-state index in [0.29, 0.717) is 10.0 Å². The third-order valence-electron chi connectivity index (χ3n) is 1.21. The first-order chi connectivity index (χ1) is 4.63. The highest BCUT2D eigenvalue weighted by Crippen LogP contribution is 2.29. The third-order valence-corrected chi connectivity index (χ3v) is 2.90. The Balaban J connectivity index is 3.34. The smallest absolute Gasteiger partial charge is 0.0674 e. The van der Waals surface area contributed by atoms with Gasteiger partial charge in [0.05, 0.1) is 10.0 Å². The average Bonchev–Trinajstić information content (AvgIpc) is 1.93. The highest BCUT2D eigenvalue weighted by molar-refractivity contribution is 9.10. The predicted molar refractivity (Wildman–Crippen MR) is 47.7 cm³/mol. The molecule has 0 heterocycles. The van der Waals surface area contributed by atoms with Crippen LogP contribution in [-0.4, -0.2) is 0 Å². The zero-order chi connectivity index (χ0) is 7.72. The van der Waals surface area contributed by atoms with E-state index >= 15 is 0 Å². The zero-order valence-corrected chi connectivity index (χ0v) is 8.31. The normalized spacial score (nSPS) is 10.0. The van der Waals surface area contributed by atoms with Gasteiger partial charge >= 0.3 is 0 Å². The van der Waals surface area contributed by atoms with Gasteiger partial charge in [0.25, 0.3) is 0 Å². The van der Waals surface area contributed by atoms with E-state index in [1.807, 2.05) is 6.92 Å². The van der Waals surface area contributed by atoms with Crippen molar-refractivity contribution in [2.75, 3.05) is 0 Å². The van der Waals surface area contributed by atoms with Crippen LogP contribution in [0.25, 0.3) is 0 Å². The number of hydrogen-bond donors (Lipinski definition) is 0. The summed E-state index contributed by atoms with van der Waals surface area (Å²) < 4.78 is 0.932. The zero-order valence-electron chi connectivity index (χ0n) is 5.21. The number of rotatable bonds is 0. The molecular weight excluding hydrogens is 235 g/mol. The Kier molecular flexibility index (Phi) is 2.61. The van der Waals surface area contributed by atoms with Gasteiger partial charge in [0, 0.05) is 10.5 Å². The van der Waals surface area contributed by atoms with Gasteiger partial charge in [-0.1, -0.05) is 39.1 Å². The highest BCUT2D eigenvalue weighted by Gasteiger charge is 2.03. The fourth-order valence-electron chi connectivity index (χ4n) is 0.568. The van der Waals surface area contributed by atoms with Crippen LogP contribution in [0.2, 0.25) is 10.0 Å². The van der Waals surface area contributed by atoms with Crippen LogP contribution in [0.5, 0.6) is 0 Å². The first-order valence-corrected chi connectivity index (χ1v) is 4.19. The number of hydrogen-bond acceptors (Lipinski definition) is 0. The molecule has 3 heteroatoms. The van der Waals surface area contributed by atoms with Crippen molar-refractivity contribution in [3.63, 3.8) is 0 Å². The lowest BCUT2D eigenvalue weighted by Crippen LogP contribution is -1.78. The molecule has 0 aromatic heterocycles. The first kappa shape index (κ1) is 8.38. The van der Waals surface area contributed by atoms with Crippen molar-refractivity contribution in [1.29, 1.82) is 0 Å². The fraction of sp³-hybridized carbons (Fsp3) is 0.143. The second-order valence-electron chi connectivity index (χ2n) is 1.89. The summed E-state index contributed by atoms with van der Waals surface area (Å²) in [6.07, 6.45) is 0. The molecule has 1 radical (unpaired) electrons. The molecule has 1 aromatic rings. The lowest BCUT2D eigenvalue weighted by atomic mass is 10.2. The standard InChI is InChI=1S/C7H4BrCl2/c1-4-5(8)2-3-6(9)7(4)10/h2H,1H3. The molecule has 0 saturated heterocycles. The second-order valence-corrected chi connectivity index (χ2v) is 3.50. The van der Waals surface area contributed by atoms with Gasteiger partial charge in [0.1, 0.15) is 0 Å². The molecule has 0 aliphatic carbocycles. The monoisotopic (exact) mass is 237 g/mol. The molecule has 53 valence electrons. The van der Waals surface area contributed by atoms with E-state index in [1.165, 1.54) is 0 Å². The van der Waals surface area contributed by atoms with E-state index in [-0.39, 0.29) is 0 Å². The highest BCUT2D eigenvalue weighted by atomic mass is 79.9. The van der Waals surface area contributed by atoms with Crippen LogP contribution in [0.1, 0.15) is 5.56 Å². The molecule has 0 saturated carbocycles. The van der Waals surface area contributed by atoms with Gasteiger partial charge in [-0.15, -0.1) is 0 Å². The summed E-state index contributed by atoms with van der Waals surface area (Å²) in [5.41, 5.74) is 0.949. The summed E-state index contributed by atoms with van der Waals surface area (Å²) in [6, 6.07) is 4.55. The topological polar surface area (TPSA) is 0 Å². The molecule has 10 heavy (non-hydrogen) atoms. The molecule has 0 N–H and O–H groups in total. The van der Waals surface area contributed by atoms with Crippen LogP contribution < -0.4 is 0 Å². The van der Waals surface area contributed by atoms with Gasteiger partial charge in [0.2, 0.25) is 0 Å². The lowest BCUT2D eigenvalue weighted by Gasteiger charge is -2.00. The maximum Gasteiger partial charge on any atom is 0.0674 e. The van der Waals surface area contributed by atoms with Crippen molar-refractivity contribution < 1.29 is 0 Å². The van der Waals surface area contributed by atoms with Gasteiger partial charge in [-0.3, -0.25) is 0 Å². The van der Waals surface area contributed by atoms with Crippen molar-refractivity contribution in [2.24, 2.45) is 0 Å². The Morgan fingerprint density at radius 1 is 1.50 bits per heavy atom. The molecule has 1 aromatic carbocycles. The van der Waals surface area contributed by atoms with Crippen LogP contribution in [-0.2, 0) is 0 Å². The van der Waals surface area contributed by atoms with E-state index in [2.05, 4.69) is 22.0 Å². The summed E-state index contributed by atoms with van der Waals surface area (Å²) in [5.74, 6) is 0. The Labute approximate surface area is 78.3 Å². The summed E-state index contributed by atoms with van der Waals surface area (Å²) in [6.45, 7) is 1.89. The molecule has 0 nitrogen and oxygen atoms in total. The third kappa shape index (κ3) is 1.47. The summed E-state index contributed by atoms with van der Waals surface area (Å²) >= 11 is 14.8. The molecule has 0 fully saturated rings. The Morgan fingerprint density at radius 3 is 2.60 bits per heavy atom. The minimum atomic E-state index is 0.474. The second kappa shape index (κ2) is 3.12. The largest absolute Gasteiger partial charge is 0.0824 e. The molecule has 0 unspecified atom stereocenters. The van der Waals surface area contributed by atoms with Crippen LogP contribution >= 0.6 is 39.1 Å². The van der Waals surface area contributed by atoms with E-state index < -0.39 is 0 Å². The van der Waals surface area contributed by atoms with Crippen molar-refractivity contribution in [1.82, 2.24) is 0 Å². The first-order valence-electron chi connectivity index (χ1n) is 2.64. The molecule has 0 bridgehead atoms. The van der Waals surface area contributed by atoms with E-state index in [0.717, 1.165) is 10.0 Å². The van der Waals surface area contributed by atoms with Gasteiger partial charge in [-0.05, 0) is 18.6 Å². The summed E-state index contributed by atoms with van der Waals surface area (Å²) in [7, 11) is 0. The van der Waals surface area contributed by atoms with Gasteiger partial charge in [-0.25, -0.2) is 0 Å². The van der Waals surface area contributed by atoms with Crippen molar-refractivity contribution in [2.45, 2.75) is 6.92 Å². The lowest BCUT2D eigenvalue weighted by molar-refractivity contribution is 1.43. The molecule has 1 rings (SSSR count). The molecular formula is C7H4BrCl2. The number of halogens is 3. The molecule has 0 aliphatic heterocycles. The van der Waals surface area contributed by atoms with Crippen molar-refractivity contribution >= 4 is 39.1 Å². The molecule has 0 amide bonds. The predicted octanol–water partition coefficient (Wildman–Crippen LogP) is 3.86. The van der Waals surface area contributed by atoms with Gasteiger partial charge < -0.3 is 0 Å². The van der Waals surface area contributed by atoms with Crippen LogP contribution in [0, 0.1) is 13.0 Å². The number of benzene rings is 1. The molecule has 0 spiro atoms. The summed E-state index contributed by atoms with van der Waals surface area (Å²) in [4.78, 5) is 0. The fourth-order valence-corrected chi connectivity index (χ4v) is 1.35. The molecule has 0 aliphatic rings. The maximum atomic E-state index is 5.79. The van der Waals surface area contributed by atoms with Crippen LogP contribution in [0.4, 0.5) is 0 Å². The summed E-state index contributed by atoms with van der Waals surface area (Å²) in [5, 5.41) is 1.04. The van der Waals surface area contributed by atoms with E-state index in [9.17, 15) is 0 Å². The van der Waals surface area contributed by atoms with Crippen molar-refractivity contribution in [3.05, 3.63) is 32.2 Å². The van der Waals surface area contributed by atoms with Gasteiger partial charge in [-0.2, -0.15) is 0 Å². The van der Waals surface area contributed by atoms with E-state index in [4.69, 9.17) is 23.2 Å². The van der Waals surface area contributed by atoms with Crippen LogP contribution in [0.3, 0.4) is 0 Å². The molecule has 0 atom stereocenters.